The van der Waals surface area contributed by atoms with E-state index in [-0.39, 0.29) is 24.1 Å². The minimum atomic E-state index is -0.410. The van der Waals surface area contributed by atoms with Gasteiger partial charge in [-0.05, 0) is 43.5 Å². The van der Waals surface area contributed by atoms with Crippen molar-refractivity contribution in [1.29, 1.82) is 0 Å². The van der Waals surface area contributed by atoms with Crippen molar-refractivity contribution in [2.45, 2.75) is 31.3 Å². The summed E-state index contributed by atoms with van der Waals surface area (Å²) in [6.07, 6.45) is 6.86. The van der Waals surface area contributed by atoms with Crippen LogP contribution in [0.5, 0.6) is 0 Å². The third-order valence-electron chi connectivity index (χ3n) is 4.19. The molecule has 1 unspecified atom stereocenters. The molecule has 1 amide bonds. The molecule has 0 aliphatic carbocycles. The summed E-state index contributed by atoms with van der Waals surface area (Å²) in [7, 11) is 0. The lowest BCUT2D eigenvalue weighted by molar-refractivity contribution is -0.137. The van der Waals surface area contributed by atoms with Crippen molar-refractivity contribution >= 4 is 18.3 Å². The van der Waals surface area contributed by atoms with Crippen LogP contribution >= 0.6 is 12.4 Å². The van der Waals surface area contributed by atoms with E-state index in [1.807, 2.05) is 4.90 Å². The second kappa shape index (κ2) is 6.58. The summed E-state index contributed by atoms with van der Waals surface area (Å²) in [4.78, 5) is 14.6. The fourth-order valence-electron chi connectivity index (χ4n) is 3.07. The number of hydrogen-bond donors (Lipinski definition) is 1. The van der Waals surface area contributed by atoms with E-state index in [2.05, 4.69) is 17.5 Å². The van der Waals surface area contributed by atoms with Gasteiger partial charge in [-0.3, -0.25) is 4.79 Å². The SMILES string of the molecule is Cl.O=C1N(Cc2ccc(F)cc2)CC=CCC12CCCN2. The first-order valence-electron chi connectivity index (χ1n) is 7.13. The Hall–Kier alpha value is -1.39. The van der Waals surface area contributed by atoms with Crippen molar-refractivity contribution in [3.63, 3.8) is 0 Å². The van der Waals surface area contributed by atoms with Gasteiger partial charge in [-0.2, -0.15) is 0 Å². The molecule has 1 atom stereocenters. The minimum absolute atomic E-state index is 0. The Labute approximate surface area is 130 Å². The van der Waals surface area contributed by atoms with Crippen molar-refractivity contribution in [2.75, 3.05) is 13.1 Å². The maximum Gasteiger partial charge on any atom is 0.243 e. The number of amides is 1. The third-order valence-corrected chi connectivity index (χ3v) is 4.19. The number of rotatable bonds is 2. The molecular formula is C16H20ClFN2O. The van der Waals surface area contributed by atoms with Gasteiger partial charge >= 0.3 is 0 Å². The minimum Gasteiger partial charge on any atom is -0.333 e. The van der Waals surface area contributed by atoms with Gasteiger partial charge in [0.05, 0.1) is 0 Å². The average molecular weight is 311 g/mol. The van der Waals surface area contributed by atoms with Crippen molar-refractivity contribution in [2.24, 2.45) is 0 Å². The molecule has 3 nitrogen and oxygen atoms in total. The van der Waals surface area contributed by atoms with Crippen LogP contribution in [0, 0.1) is 5.82 Å². The maximum atomic E-state index is 12.9. The molecule has 1 N–H and O–H groups in total. The molecule has 1 spiro atoms. The maximum absolute atomic E-state index is 12.9. The van der Waals surface area contributed by atoms with E-state index < -0.39 is 5.54 Å². The highest BCUT2D eigenvalue weighted by atomic mass is 35.5. The summed E-state index contributed by atoms with van der Waals surface area (Å²) in [5.41, 5.74) is 0.552. The molecule has 1 aromatic rings. The van der Waals surface area contributed by atoms with Crippen LogP contribution in [0.25, 0.3) is 0 Å². The number of carbonyl (C=O) groups is 1. The van der Waals surface area contributed by atoms with Crippen LogP contribution in [0.4, 0.5) is 4.39 Å². The molecule has 2 heterocycles. The number of nitrogens with zero attached hydrogens (tertiary/aromatic N) is 1. The van der Waals surface area contributed by atoms with Gasteiger partial charge in [0.15, 0.2) is 0 Å². The standard InChI is InChI=1S/C16H19FN2O.ClH/c17-14-6-4-13(5-7-14)12-19-11-2-1-8-16(15(19)20)9-3-10-18-16;/h1-2,4-7,18H,3,8-12H2;1H. The number of hydrogen-bond acceptors (Lipinski definition) is 2. The van der Waals surface area contributed by atoms with Crippen LogP contribution in [-0.4, -0.2) is 29.4 Å². The van der Waals surface area contributed by atoms with Crippen LogP contribution in [0.15, 0.2) is 36.4 Å². The lowest BCUT2D eigenvalue weighted by Gasteiger charge is -2.32. The van der Waals surface area contributed by atoms with Crippen molar-refractivity contribution in [3.8, 4) is 0 Å². The Morgan fingerprint density at radius 2 is 2.00 bits per heavy atom. The van der Waals surface area contributed by atoms with E-state index in [9.17, 15) is 9.18 Å². The first-order valence-corrected chi connectivity index (χ1v) is 7.13. The van der Waals surface area contributed by atoms with Crippen molar-refractivity contribution in [1.82, 2.24) is 10.2 Å². The molecule has 0 saturated carbocycles. The monoisotopic (exact) mass is 310 g/mol. The lowest BCUT2D eigenvalue weighted by Crippen LogP contribution is -2.53. The van der Waals surface area contributed by atoms with E-state index in [4.69, 9.17) is 0 Å². The van der Waals surface area contributed by atoms with Crippen LogP contribution in [0.3, 0.4) is 0 Å². The Morgan fingerprint density at radius 3 is 2.67 bits per heavy atom. The van der Waals surface area contributed by atoms with Gasteiger partial charge in [0.25, 0.3) is 0 Å². The summed E-state index contributed by atoms with van der Waals surface area (Å²) < 4.78 is 12.9. The lowest BCUT2D eigenvalue weighted by atomic mass is 9.92. The number of benzene rings is 1. The van der Waals surface area contributed by atoms with Gasteiger partial charge in [0.2, 0.25) is 5.91 Å². The highest BCUT2D eigenvalue weighted by molar-refractivity contribution is 5.87. The second-order valence-electron chi connectivity index (χ2n) is 5.60. The molecule has 0 aromatic heterocycles. The summed E-state index contributed by atoms with van der Waals surface area (Å²) in [6, 6.07) is 6.37. The molecule has 3 rings (SSSR count). The van der Waals surface area contributed by atoms with Gasteiger partial charge < -0.3 is 10.2 Å². The van der Waals surface area contributed by atoms with Crippen LogP contribution in [0.2, 0.25) is 0 Å². The molecule has 1 aromatic carbocycles. The largest absolute Gasteiger partial charge is 0.333 e. The molecule has 0 radical (unpaired) electrons. The van der Waals surface area contributed by atoms with E-state index in [0.29, 0.717) is 13.1 Å². The third kappa shape index (κ3) is 3.27. The van der Waals surface area contributed by atoms with Gasteiger partial charge in [0, 0.05) is 13.1 Å². The molecule has 5 heteroatoms. The van der Waals surface area contributed by atoms with Gasteiger partial charge in [0.1, 0.15) is 11.4 Å². The van der Waals surface area contributed by atoms with Crippen molar-refractivity contribution < 1.29 is 9.18 Å². The Morgan fingerprint density at radius 1 is 1.24 bits per heavy atom. The summed E-state index contributed by atoms with van der Waals surface area (Å²) in [6.45, 7) is 2.07. The van der Waals surface area contributed by atoms with Gasteiger partial charge in [-0.25, -0.2) is 4.39 Å². The van der Waals surface area contributed by atoms with Gasteiger partial charge in [-0.1, -0.05) is 24.3 Å². The summed E-state index contributed by atoms with van der Waals surface area (Å²) >= 11 is 0. The van der Waals surface area contributed by atoms with E-state index in [1.165, 1.54) is 12.1 Å². The Kier molecular flexibility index (Phi) is 5.01. The van der Waals surface area contributed by atoms with Crippen molar-refractivity contribution in [3.05, 3.63) is 47.8 Å². The fourth-order valence-corrected chi connectivity index (χ4v) is 3.07. The smallest absolute Gasteiger partial charge is 0.243 e. The van der Waals surface area contributed by atoms with Crippen LogP contribution in [0.1, 0.15) is 24.8 Å². The predicted molar refractivity (Wildman–Crippen MR) is 82.8 cm³/mol. The van der Waals surface area contributed by atoms with Gasteiger partial charge in [-0.15, -0.1) is 12.4 Å². The van der Waals surface area contributed by atoms with E-state index >= 15 is 0 Å². The molecule has 21 heavy (non-hydrogen) atoms. The van der Waals surface area contributed by atoms with E-state index in [1.54, 1.807) is 12.1 Å². The molecule has 1 fully saturated rings. The number of nitrogens with one attached hydrogen (secondary N) is 1. The molecular weight excluding hydrogens is 291 g/mol. The number of carbonyl (C=O) groups excluding carboxylic acids is 1. The molecule has 0 bridgehead atoms. The molecule has 2 aliphatic rings. The van der Waals surface area contributed by atoms with E-state index in [0.717, 1.165) is 31.4 Å². The highest BCUT2D eigenvalue weighted by Gasteiger charge is 2.43. The summed E-state index contributed by atoms with van der Waals surface area (Å²) in [5.74, 6) is -0.0749. The first-order chi connectivity index (χ1) is 9.70. The molecule has 114 valence electrons. The zero-order valence-electron chi connectivity index (χ0n) is 11.8. The fraction of sp³-hybridized carbons (Fsp3) is 0.438. The highest BCUT2D eigenvalue weighted by Crippen LogP contribution is 2.28. The summed E-state index contributed by atoms with van der Waals surface area (Å²) in [5, 5.41) is 3.38. The zero-order valence-corrected chi connectivity index (χ0v) is 12.7. The Bertz CT molecular complexity index is 524. The predicted octanol–water partition coefficient (Wildman–Crippen LogP) is 2.66. The topological polar surface area (TPSA) is 32.3 Å². The average Bonchev–Trinajstić information content (AvgIpc) is 2.88. The quantitative estimate of drug-likeness (QED) is 0.852. The first kappa shape index (κ1) is 16.0. The normalized spacial score (nSPS) is 25.0. The van der Waals surface area contributed by atoms with Crippen LogP contribution < -0.4 is 5.32 Å². The second-order valence-corrected chi connectivity index (χ2v) is 5.60. The number of halogens is 2. The Balaban J connectivity index is 0.00000161. The zero-order chi connectivity index (χ0) is 14.0. The molecule has 2 aliphatic heterocycles. The molecule has 1 saturated heterocycles. The van der Waals surface area contributed by atoms with Crippen LogP contribution in [-0.2, 0) is 11.3 Å².